The smallest absolute Gasteiger partial charge is 0.193 e. The fourth-order valence-corrected chi connectivity index (χ4v) is 6.76. The Labute approximate surface area is 248 Å². The number of dihydropyridines is 1. The van der Waals surface area contributed by atoms with Gasteiger partial charge in [0, 0.05) is 30.1 Å². The molecule has 0 aromatic heterocycles. The van der Waals surface area contributed by atoms with Gasteiger partial charge in [-0.1, -0.05) is 48.5 Å². The highest BCUT2D eigenvalue weighted by atomic mass is 16.5. The third-order valence-electron chi connectivity index (χ3n) is 8.60. The monoisotopic (exact) mass is 562 g/mol. The lowest BCUT2D eigenvalue weighted by molar-refractivity contribution is -0.111. The van der Waals surface area contributed by atoms with Crippen molar-refractivity contribution in [1.82, 2.24) is 10.2 Å². The second-order valence-corrected chi connectivity index (χ2v) is 11.1. The van der Waals surface area contributed by atoms with E-state index in [9.17, 15) is 4.79 Å². The molecule has 4 aromatic carbocycles. The van der Waals surface area contributed by atoms with Gasteiger partial charge in [0.15, 0.2) is 28.8 Å². The van der Waals surface area contributed by atoms with E-state index in [1.54, 1.807) is 0 Å². The van der Waals surface area contributed by atoms with Crippen LogP contribution in [-0.4, -0.2) is 30.3 Å². The summed E-state index contributed by atoms with van der Waals surface area (Å²) in [7, 11) is 2.06. The zero-order valence-electron chi connectivity index (χ0n) is 23.3. The summed E-state index contributed by atoms with van der Waals surface area (Å²) in [6.07, 6.45) is 6.11. The number of carbonyl (C=O) groups is 1. The van der Waals surface area contributed by atoms with E-state index >= 15 is 0 Å². The van der Waals surface area contributed by atoms with Crippen molar-refractivity contribution < 1.29 is 14.3 Å². The van der Waals surface area contributed by atoms with Gasteiger partial charge in [-0.25, -0.2) is 0 Å². The molecule has 1 atom stereocenters. The van der Waals surface area contributed by atoms with Crippen molar-refractivity contribution in [2.24, 2.45) is 0 Å². The Kier molecular flexibility index (Phi) is 4.96. The van der Waals surface area contributed by atoms with E-state index in [4.69, 9.17) is 9.47 Å². The number of Topliss-reactive ketones (excluding diaryl/α,β-unsaturated/α-hetero) is 1. The highest BCUT2D eigenvalue weighted by Gasteiger charge is 2.43. The van der Waals surface area contributed by atoms with Crippen molar-refractivity contribution in [3.63, 3.8) is 0 Å². The fraction of sp³-hybridized carbons (Fsp3) is 0.0833. The molecule has 0 spiro atoms. The molecule has 7 nitrogen and oxygen atoms in total. The van der Waals surface area contributed by atoms with Crippen molar-refractivity contribution in [1.29, 1.82) is 0 Å². The molecule has 0 amide bonds. The van der Waals surface area contributed by atoms with E-state index in [0.717, 1.165) is 68.4 Å². The topological polar surface area (TPSA) is 57.3 Å². The maximum absolute atomic E-state index is 14.2. The van der Waals surface area contributed by atoms with Crippen LogP contribution in [0.2, 0.25) is 0 Å². The summed E-state index contributed by atoms with van der Waals surface area (Å²) >= 11 is 0. The van der Waals surface area contributed by atoms with Crippen LogP contribution in [0.4, 0.5) is 22.7 Å². The maximum Gasteiger partial charge on any atom is 0.193 e. The predicted molar refractivity (Wildman–Crippen MR) is 166 cm³/mol. The predicted octanol–water partition coefficient (Wildman–Crippen LogP) is 7.28. The van der Waals surface area contributed by atoms with Gasteiger partial charge in [0.1, 0.15) is 0 Å². The fourth-order valence-electron chi connectivity index (χ4n) is 6.76. The number of carbonyl (C=O) groups excluding carboxylic acids is 1. The number of nitrogens with zero attached hydrogens (tertiary/aromatic N) is 3. The normalized spacial score (nSPS) is 19.3. The molecule has 43 heavy (non-hydrogen) atoms. The summed E-state index contributed by atoms with van der Waals surface area (Å²) in [6, 6.07) is 31.8. The van der Waals surface area contributed by atoms with Crippen LogP contribution in [0.3, 0.4) is 0 Å². The quantitative estimate of drug-likeness (QED) is 0.276. The van der Waals surface area contributed by atoms with Gasteiger partial charge in [-0.05, 0) is 60.7 Å². The number of rotatable bonds is 2. The minimum absolute atomic E-state index is 0.0341. The number of anilines is 4. The van der Waals surface area contributed by atoms with Gasteiger partial charge in [0.2, 0.25) is 0 Å². The van der Waals surface area contributed by atoms with Crippen molar-refractivity contribution in [3.05, 3.63) is 144 Å². The molecule has 9 rings (SSSR count). The Balaban J connectivity index is 1.12. The first kappa shape index (κ1) is 24.0. The lowest BCUT2D eigenvalue weighted by Gasteiger charge is -2.39. The number of ketones is 1. The molecule has 4 aliphatic heterocycles. The van der Waals surface area contributed by atoms with Crippen LogP contribution in [0.15, 0.2) is 144 Å². The molecular formula is C36H26N4O3. The van der Waals surface area contributed by atoms with E-state index in [2.05, 4.69) is 45.3 Å². The molecule has 208 valence electrons. The van der Waals surface area contributed by atoms with Crippen LogP contribution in [-0.2, 0) is 4.79 Å². The molecule has 0 saturated heterocycles. The first-order valence-electron chi connectivity index (χ1n) is 14.4. The number of para-hydroxylation sites is 8. The standard InChI is InChI=1S/C36H26N4O3/c1-38-21-23(40-28-12-4-8-16-32(28)43-33-17-9-5-13-29(33)40)19-25-35(38)34-24(36(25)41)18-22(20-37-34)39-26-10-2-6-14-30(26)42-31-15-7-3-11-27(31)39/h2-20,34,37H,21H2,1H3. The summed E-state index contributed by atoms with van der Waals surface area (Å²) < 4.78 is 12.4. The number of hydrogen-bond acceptors (Lipinski definition) is 7. The average molecular weight is 563 g/mol. The second kappa shape index (κ2) is 8.90. The number of hydrogen-bond donors (Lipinski definition) is 1. The van der Waals surface area contributed by atoms with E-state index < -0.39 is 0 Å². The summed E-state index contributed by atoms with van der Waals surface area (Å²) in [5.74, 6) is 3.17. The number of fused-ring (bicyclic) bond motifs is 6. The van der Waals surface area contributed by atoms with Gasteiger partial charge in [0.05, 0.1) is 46.7 Å². The van der Waals surface area contributed by atoms with E-state index in [0.29, 0.717) is 12.1 Å². The molecule has 5 aliphatic rings. The Morgan fingerprint density at radius 2 is 1.16 bits per heavy atom. The summed E-state index contributed by atoms with van der Waals surface area (Å²) in [4.78, 5) is 20.8. The average Bonchev–Trinajstić information content (AvgIpc) is 3.33. The molecule has 1 aliphatic carbocycles. The molecule has 0 radical (unpaired) electrons. The Morgan fingerprint density at radius 1 is 0.674 bits per heavy atom. The lowest BCUT2D eigenvalue weighted by atomic mass is 10.0. The Hall–Kier alpha value is -5.69. The van der Waals surface area contributed by atoms with Crippen molar-refractivity contribution in [2.75, 3.05) is 23.4 Å². The summed E-state index contributed by atoms with van der Waals surface area (Å²) in [5.41, 5.74) is 8.10. The lowest BCUT2D eigenvalue weighted by Crippen LogP contribution is -2.40. The number of benzene rings is 4. The third-order valence-corrected chi connectivity index (χ3v) is 8.60. The molecule has 1 N–H and O–H groups in total. The van der Waals surface area contributed by atoms with Crippen LogP contribution in [0, 0.1) is 0 Å². The van der Waals surface area contributed by atoms with Gasteiger partial charge >= 0.3 is 0 Å². The Morgan fingerprint density at radius 3 is 1.70 bits per heavy atom. The second-order valence-electron chi connectivity index (χ2n) is 11.1. The van der Waals surface area contributed by atoms with Crippen LogP contribution in [0.1, 0.15) is 0 Å². The highest BCUT2D eigenvalue weighted by molar-refractivity contribution is 6.16. The zero-order valence-corrected chi connectivity index (χ0v) is 23.3. The van der Waals surface area contributed by atoms with E-state index in [1.165, 1.54) is 0 Å². The minimum Gasteiger partial charge on any atom is -0.453 e. The highest BCUT2D eigenvalue weighted by Crippen LogP contribution is 2.51. The van der Waals surface area contributed by atoms with Crippen molar-refractivity contribution >= 4 is 28.5 Å². The van der Waals surface area contributed by atoms with E-state index in [1.807, 2.05) is 97.2 Å². The molecule has 4 heterocycles. The SMILES string of the molecule is CN1CC(N2c3ccccc3Oc3ccccc32)=CC2=C1C1NC=C(N3c4ccccc4Oc4ccccc43)C=C1C2=O. The van der Waals surface area contributed by atoms with Crippen LogP contribution < -0.4 is 24.6 Å². The molecule has 4 aromatic rings. The van der Waals surface area contributed by atoms with E-state index in [-0.39, 0.29) is 11.8 Å². The van der Waals surface area contributed by atoms with Crippen LogP contribution in [0.5, 0.6) is 23.0 Å². The maximum atomic E-state index is 14.2. The number of nitrogens with one attached hydrogen (secondary N) is 1. The largest absolute Gasteiger partial charge is 0.453 e. The van der Waals surface area contributed by atoms with Gasteiger partial charge in [0.25, 0.3) is 0 Å². The van der Waals surface area contributed by atoms with Gasteiger partial charge in [-0.3, -0.25) is 4.79 Å². The third kappa shape index (κ3) is 3.45. The first-order valence-corrected chi connectivity index (χ1v) is 14.4. The summed E-state index contributed by atoms with van der Waals surface area (Å²) in [5, 5.41) is 3.58. The zero-order chi connectivity index (χ0) is 28.7. The Bertz CT molecular complexity index is 1910. The molecule has 1 unspecified atom stereocenters. The molecule has 7 heteroatoms. The minimum atomic E-state index is -0.218. The molecule has 0 bridgehead atoms. The number of allylic oxidation sites excluding steroid dienone is 3. The number of ether oxygens (including phenoxy) is 2. The molecule has 0 saturated carbocycles. The summed E-state index contributed by atoms with van der Waals surface area (Å²) in [6.45, 7) is 0.640. The molecular weight excluding hydrogens is 536 g/mol. The van der Waals surface area contributed by atoms with Crippen molar-refractivity contribution in [3.8, 4) is 23.0 Å². The number of likely N-dealkylation sites (N-methyl/N-ethyl adjacent to an activating group) is 1. The van der Waals surface area contributed by atoms with Crippen LogP contribution in [0.25, 0.3) is 0 Å². The van der Waals surface area contributed by atoms with Crippen molar-refractivity contribution in [2.45, 2.75) is 6.04 Å². The van der Waals surface area contributed by atoms with Gasteiger partial charge in [-0.2, -0.15) is 0 Å². The van der Waals surface area contributed by atoms with Crippen LogP contribution >= 0.6 is 0 Å². The first-order chi connectivity index (χ1) is 21.2. The van der Waals surface area contributed by atoms with Gasteiger partial charge < -0.3 is 29.5 Å². The molecule has 0 fully saturated rings. The van der Waals surface area contributed by atoms with Gasteiger partial charge in [-0.15, -0.1) is 0 Å².